The zero-order valence-corrected chi connectivity index (χ0v) is 10.9. The topological polar surface area (TPSA) is 72.2 Å². The second-order valence-electron chi connectivity index (χ2n) is 4.90. The van der Waals surface area contributed by atoms with Crippen molar-refractivity contribution in [1.82, 2.24) is 0 Å². The van der Waals surface area contributed by atoms with Crippen molar-refractivity contribution < 1.29 is 14.1 Å². The number of alkyl halides is 1. The molecule has 1 aliphatic heterocycles. The zero-order chi connectivity index (χ0) is 15.0. The number of nitro benzene ring substituents is 1. The summed E-state index contributed by atoms with van der Waals surface area (Å²) in [7, 11) is 0. The molecule has 6 heteroatoms. The number of non-ortho nitro benzene ring substituents is 1. The second kappa shape index (κ2) is 4.66. The Bertz CT molecular complexity index is 730. The third-order valence-corrected chi connectivity index (χ3v) is 3.56. The Balaban J connectivity index is 1.93. The number of para-hydroxylation sites is 1. The predicted octanol–water partition coefficient (Wildman–Crippen LogP) is 2.95. The number of rotatable bonds is 3. The molecule has 0 saturated carbocycles. The van der Waals surface area contributed by atoms with E-state index < -0.39 is 16.5 Å². The molecule has 3 rings (SSSR count). The Morgan fingerprint density at radius 1 is 1.14 bits per heavy atom. The number of carbonyl (C=O) groups excluding carboxylic acids is 1. The molecular weight excluding hydrogens is 275 g/mol. The third-order valence-electron chi connectivity index (χ3n) is 3.56. The molecular formula is C15H11FN2O3. The number of nitro groups is 1. The standard InChI is InChI=1S/C15H11FN2O3/c16-15(9-10-5-7-11(8-6-10)18(20)21)12-3-1-2-4-13(12)17-14(15)19/h1-8H,9H2,(H,17,19)/t15-/m1/s1. The average molecular weight is 286 g/mol. The van der Waals surface area contributed by atoms with E-state index in [9.17, 15) is 14.9 Å². The summed E-state index contributed by atoms with van der Waals surface area (Å²) in [6, 6.07) is 12.1. The highest BCUT2D eigenvalue weighted by molar-refractivity contribution is 6.05. The maximum absolute atomic E-state index is 15.1. The smallest absolute Gasteiger partial charge is 0.269 e. The number of anilines is 1. The molecule has 106 valence electrons. The van der Waals surface area contributed by atoms with Crippen molar-refractivity contribution in [2.75, 3.05) is 5.32 Å². The average Bonchev–Trinajstić information content (AvgIpc) is 2.71. The fourth-order valence-electron chi connectivity index (χ4n) is 2.47. The summed E-state index contributed by atoms with van der Waals surface area (Å²) in [5.74, 6) is -0.706. The van der Waals surface area contributed by atoms with E-state index in [1.165, 1.54) is 24.3 Å². The molecule has 2 aromatic rings. The predicted molar refractivity (Wildman–Crippen MR) is 74.7 cm³/mol. The van der Waals surface area contributed by atoms with Crippen molar-refractivity contribution in [3.63, 3.8) is 0 Å². The summed E-state index contributed by atoms with van der Waals surface area (Å²) < 4.78 is 15.1. The van der Waals surface area contributed by atoms with Crippen LogP contribution in [-0.4, -0.2) is 10.8 Å². The number of halogens is 1. The van der Waals surface area contributed by atoms with Gasteiger partial charge in [0.25, 0.3) is 11.6 Å². The lowest BCUT2D eigenvalue weighted by molar-refractivity contribution is -0.384. The van der Waals surface area contributed by atoms with Gasteiger partial charge >= 0.3 is 0 Å². The first kappa shape index (κ1) is 13.2. The molecule has 0 aromatic heterocycles. The Morgan fingerprint density at radius 2 is 1.81 bits per heavy atom. The van der Waals surface area contributed by atoms with Crippen LogP contribution < -0.4 is 5.32 Å². The van der Waals surface area contributed by atoms with E-state index >= 15 is 4.39 Å². The largest absolute Gasteiger partial charge is 0.323 e. The molecule has 0 bridgehead atoms. The van der Waals surface area contributed by atoms with Crippen LogP contribution in [0, 0.1) is 10.1 Å². The summed E-state index contributed by atoms with van der Waals surface area (Å²) >= 11 is 0. The van der Waals surface area contributed by atoms with Crippen LogP contribution in [0.15, 0.2) is 48.5 Å². The molecule has 0 aliphatic carbocycles. The van der Waals surface area contributed by atoms with Crippen molar-refractivity contribution in [1.29, 1.82) is 0 Å². The van der Waals surface area contributed by atoms with E-state index in [1.54, 1.807) is 24.3 Å². The van der Waals surface area contributed by atoms with Crippen LogP contribution in [0.5, 0.6) is 0 Å². The lowest BCUT2D eigenvalue weighted by Crippen LogP contribution is -2.31. The van der Waals surface area contributed by atoms with Gasteiger partial charge in [0.05, 0.1) is 4.92 Å². The Morgan fingerprint density at radius 3 is 2.48 bits per heavy atom. The summed E-state index contributed by atoms with van der Waals surface area (Å²) in [4.78, 5) is 22.0. The molecule has 0 fully saturated rings. The van der Waals surface area contributed by atoms with Gasteiger partial charge < -0.3 is 5.32 Å². The third kappa shape index (κ3) is 2.14. The van der Waals surface area contributed by atoms with E-state index in [-0.39, 0.29) is 12.1 Å². The van der Waals surface area contributed by atoms with Crippen molar-refractivity contribution >= 4 is 17.3 Å². The van der Waals surface area contributed by atoms with Gasteiger partial charge in [-0.1, -0.05) is 30.3 Å². The van der Waals surface area contributed by atoms with Crippen LogP contribution in [0.4, 0.5) is 15.8 Å². The summed E-state index contributed by atoms with van der Waals surface area (Å²) in [6.45, 7) is 0. The number of carbonyl (C=O) groups is 1. The first-order chi connectivity index (χ1) is 10.0. The molecule has 0 unspecified atom stereocenters. The van der Waals surface area contributed by atoms with Gasteiger partial charge in [0.1, 0.15) is 0 Å². The van der Waals surface area contributed by atoms with Crippen LogP contribution in [-0.2, 0) is 16.9 Å². The number of nitrogens with zero attached hydrogens (tertiary/aromatic N) is 1. The lowest BCUT2D eigenvalue weighted by atomic mass is 9.90. The lowest BCUT2D eigenvalue weighted by Gasteiger charge is -2.17. The van der Waals surface area contributed by atoms with Gasteiger partial charge in [0.2, 0.25) is 5.67 Å². The van der Waals surface area contributed by atoms with E-state index in [4.69, 9.17) is 0 Å². The molecule has 1 heterocycles. The molecule has 1 atom stereocenters. The minimum atomic E-state index is -2.15. The van der Waals surface area contributed by atoms with Crippen LogP contribution in [0.25, 0.3) is 0 Å². The molecule has 1 aliphatic rings. The van der Waals surface area contributed by atoms with Crippen molar-refractivity contribution in [3.8, 4) is 0 Å². The molecule has 21 heavy (non-hydrogen) atoms. The van der Waals surface area contributed by atoms with Crippen molar-refractivity contribution in [2.24, 2.45) is 0 Å². The van der Waals surface area contributed by atoms with E-state index in [2.05, 4.69) is 5.32 Å². The molecule has 1 amide bonds. The van der Waals surface area contributed by atoms with E-state index in [0.717, 1.165) is 0 Å². The maximum Gasteiger partial charge on any atom is 0.269 e. The van der Waals surface area contributed by atoms with Crippen molar-refractivity contribution in [2.45, 2.75) is 12.1 Å². The van der Waals surface area contributed by atoms with Gasteiger partial charge in [-0.25, -0.2) is 4.39 Å². The van der Waals surface area contributed by atoms with Crippen LogP contribution in [0.1, 0.15) is 11.1 Å². The number of fused-ring (bicyclic) bond motifs is 1. The summed E-state index contributed by atoms with van der Waals surface area (Å²) in [5, 5.41) is 13.1. The number of hydrogen-bond donors (Lipinski definition) is 1. The molecule has 5 nitrogen and oxygen atoms in total. The van der Waals surface area contributed by atoms with Gasteiger partial charge in [-0.3, -0.25) is 14.9 Å². The molecule has 1 N–H and O–H groups in total. The second-order valence-corrected chi connectivity index (χ2v) is 4.90. The molecule has 0 radical (unpaired) electrons. The summed E-state index contributed by atoms with van der Waals surface area (Å²) in [6.07, 6.45) is -0.159. The van der Waals surface area contributed by atoms with E-state index in [0.29, 0.717) is 16.8 Å². The SMILES string of the molecule is O=C1Nc2ccccc2[C@]1(F)Cc1ccc([N+](=O)[O-])cc1. The monoisotopic (exact) mass is 286 g/mol. The Hall–Kier alpha value is -2.76. The molecule has 0 saturated heterocycles. The molecule has 2 aromatic carbocycles. The highest BCUT2D eigenvalue weighted by Gasteiger charge is 2.47. The number of hydrogen-bond acceptors (Lipinski definition) is 3. The minimum absolute atomic E-state index is 0.0667. The highest BCUT2D eigenvalue weighted by Crippen LogP contribution is 2.41. The van der Waals surface area contributed by atoms with Gasteiger partial charge in [0, 0.05) is 29.8 Å². The highest BCUT2D eigenvalue weighted by atomic mass is 19.1. The molecule has 0 spiro atoms. The van der Waals surface area contributed by atoms with Gasteiger partial charge in [-0.05, 0) is 11.6 Å². The van der Waals surface area contributed by atoms with Gasteiger partial charge in [-0.2, -0.15) is 0 Å². The maximum atomic E-state index is 15.1. The summed E-state index contributed by atoms with van der Waals surface area (Å²) in [5.41, 5.74) is -0.926. The first-order valence-electron chi connectivity index (χ1n) is 6.34. The van der Waals surface area contributed by atoms with Crippen LogP contribution >= 0.6 is 0 Å². The fraction of sp³-hybridized carbons (Fsp3) is 0.133. The fourth-order valence-corrected chi connectivity index (χ4v) is 2.47. The Labute approximate surface area is 119 Å². The van der Waals surface area contributed by atoms with Crippen molar-refractivity contribution in [3.05, 3.63) is 69.8 Å². The number of benzene rings is 2. The van der Waals surface area contributed by atoms with E-state index in [1.807, 2.05) is 0 Å². The number of amides is 1. The zero-order valence-electron chi connectivity index (χ0n) is 10.9. The van der Waals surface area contributed by atoms with Crippen LogP contribution in [0.2, 0.25) is 0 Å². The van der Waals surface area contributed by atoms with Gasteiger partial charge in [-0.15, -0.1) is 0 Å². The minimum Gasteiger partial charge on any atom is -0.323 e. The quantitative estimate of drug-likeness (QED) is 0.696. The Kier molecular flexibility index (Phi) is 2.94. The normalized spacial score (nSPS) is 20.0. The number of nitrogens with one attached hydrogen (secondary N) is 1. The van der Waals surface area contributed by atoms with Gasteiger partial charge in [0.15, 0.2) is 0 Å². The first-order valence-corrected chi connectivity index (χ1v) is 6.34. The van der Waals surface area contributed by atoms with Crippen LogP contribution in [0.3, 0.4) is 0 Å².